The van der Waals surface area contributed by atoms with Crippen LogP contribution in [0.15, 0.2) is 52.9 Å². The molecule has 6 nitrogen and oxygen atoms in total. The SMILES string of the molecule is CCCc1ccc(OCCc2nc(-c3ccccc3)oc2C)cc1OC(C)(C)C(=O)O. The number of ether oxygens (including phenoxy) is 2. The molecule has 0 aliphatic heterocycles. The predicted molar refractivity (Wildman–Crippen MR) is 119 cm³/mol. The molecular formula is C25H29NO5. The summed E-state index contributed by atoms with van der Waals surface area (Å²) in [5.41, 5.74) is 1.42. The largest absolute Gasteiger partial charge is 0.493 e. The molecule has 0 amide bonds. The van der Waals surface area contributed by atoms with E-state index in [2.05, 4.69) is 11.9 Å². The molecule has 0 aliphatic rings. The van der Waals surface area contributed by atoms with Crippen LogP contribution < -0.4 is 9.47 Å². The summed E-state index contributed by atoms with van der Waals surface area (Å²) in [6.45, 7) is 7.46. The Morgan fingerprint density at radius 1 is 1.13 bits per heavy atom. The zero-order valence-corrected chi connectivity index (χ0v) is 18.5. The standard InChI is InChI=1S/C25H29NO5/c1-5-9-18-12-13-20(16-22(18)31-25(3,4)24(27)28)29-15-14-21-17(2)30-23(26-21)19-10-7-6-8-11-19/h6-8,10-13,16H,5,9,14-15H2,1-4H3,(H,27,28). The fourth-order valence-electron chi connectivity index (χ4n) is 3.14. The molecule has 1 heterocycles. The van der Waals surface area contributed by atoms with Gasteiger partial charge in [-0.3, -0.25) is 0 Å². The molecule has 6 heteroatoms. The Morgan fingerprint density at radius 2 is 1.87 bits per heavy atom. The fraction of sp³-hybridized carbons (Fsp3) is 0.360. The van der Waals surface area contributed by atoms with Crippen LogP contribution in [0.3, 0.4) is 0 Å². The van der Waals surface area contributed by atoms with Crippen molar-refractivity contribution in [2.75, 3.05) is 6.61 Å². The number of hydrogen-bond acceptors (Lipinski definition) is 5. The highest BCUT2D eigenvalue weighted by Gasteiger charge is 2.30. The van der Waals surface area contributed by atoms with E-state index in [0.717, 1.165) is 35.4 Å². The van der Waals surface area contributed by atoms with Gasteiger partial charge in [-0.15, -0.1) is 0 Å². The van der Waals surface area contributed by atoms with E-state index in [9.17, 15) is 9.90 Å². The molecule has 2 aromatic carbocycles. The van der Waals surface area contributed by atoms with Gasteiger partial charge in [0.1, 0.15) is 17.3 Å². The molecule has 0 spiro atoms. The third-order valence-corrected chi connectivity index (χ3v) is 4.96. The van der Waals surface area contributed by atoms with Crippen LogP contribution in [0, 0.1) is 6.92 Å². The van der Waals surface area contributed by atoms with Gasteiger partial charge in [-0.05, 0) is 51.0 Å². The van der Waals surface area contributed by atoms with Gasteiger partial charge in [-0.25, -0.2) is 9.78 Å². The van der Waals surface area contributed by atoms with E-state index in [1.54, 1.807) is 6.07 Å². The highest BCUT2D eigenvalue weighted by molar-refractivity contribution is 5.76. The molecule has 0 aliphatic carbocycles. The lowest BCUT2D eigenvalue weighted by molar-refractivity contribution is -0.152. The second-order valence-corrected chi connectivity index (χ2v) is 7.92. The summed E-state index contributed by atoms with van der Waals surface area (Å²) in [7, 11) is 0. The Labute approximate surface area is 182 Å². The molecule has 3 aromatic rings. The summed E-state index contributed by atoms with van der Waals surface area (Å²) in [6, 6.07) is 15.4. The highest BCUT2D eigenvalue weighted by Crippen LogP contribution is 2.30. The van der Waals surface area contributed by atoms with Crippen LogP contribution in [-0.2, 0) is 17.6 Å². The first-order valence-electron chi connectivity index (χ1n) is 10.5. The van der Waals surface area contributed by atoms with E-state index < -0.39 is 11.6 Å². The van der Waals surface area contributed by atoms with Crippen LogP contribution in [0.5, 0.6) is 11.5 Å². The Bertz CT molecular complexity index is 1020. The third kappa shape index (κ3) is 5.66. The number of aliphatic carboxylic acids is 1. The maximum Gasteiger partial charge on any atom is 0.347 e. The number of rotatable bonds is 10. The second kappa shape index (κ2) is 9.69. The van der Waals surface area contributed by atoms with Crippen molar-refractivity contribution in [3.8, 4) is 23.0 Å². The number of aryl methyl sites for hydroxylation is 2. The monoisotopic (exact) mass is 423 g/mol. The molecule has 0 radical (unpaired) electrons. The summed E-state index contributed by atoms with van der Waals surface area (Å²) in [5, 5.41) is 9.40. The lowest BCUT2D eigenvalue weighted by Crippen LogP contribution is -2.38. The average Bonchev–Trinajstić information content (AvgIpc) is 3.11. The van der Waals surface area contributed by atoms with E-state index >= 15 is 0 Å². The Kier molecular flexibility index (Phi) is 7.00. The van der Waals surface area contributed by atoms with Crippen molar-refractivity contribution in [2.45, 2.75) is 52.6 Å². The first-order valence-corrected chi connectivity index (χ1v) is 10.5. The van der Waals surface area contributed by atoms with Crippen LogP contribution in [0.4, 0.5) is 0 Å². The van der Waals surface area contributed by atoms with Crippen LogP contribution in [-0.4, -0.2) is 28.3 Å². The lowest BCUT2D eigenvalue weighted by Gasteiger charge is -2.24. The smallest absolute Gasteiger partial charge is 0.347 e. The maximum absolute atomic E-state index is 11.5. The van der Waals surface area contributed by atoms with Gasteiger partial charge >= 0.3 is 5.97 Å². The van der Waals surface area contributed by atoms with Gasteiger partial charge in [-0.1, -0.05) is 37.6 Å². The van der Waals surface area contributed by atoms with Crippen LogP contribution in [0.1, 0.15) is 44.2 Å². The topological polar surface area (TPSA) is 81.8 Å². The number of benzene rings is 2. The molecule has 0 unspecified atom stereocenters. The number of nitrogens with zero attached hydrogens (tertiary/aromatic N) is 1. The van der Waals surface area contributed by atoms with E-state index in [4.69, 9.17) is 13.9 Å². The van der Waals surface area contributed by atoms with E-state index in [1.165, 1.54) is 13.8 Å². The number of aromatic nitrogens is 1. The maximum atomic E-state index is 11.5. The van der Waals surface area contributed by atoms with Crippen molar-refractivity contribution >= 4 is 5.97 Å². The summed E-state index contributed by atoms with van der Waals surface area (Å²) in [5.74, 6) is 1.52. The Hall–Kier alpha value is -3.28. The van der Waals surface area contributed by atoms with Gasteiger partial charge in [-0.2, -0.15) is 0 Å². The normalized spacial score (nSPS) is 11.4. The summed E-state index contributed by atoms with van der Waals surface area (Å²) >= 11 is 0. The molecule has 0 saturated carbocycles. The van der Waals surface area contributed by atoms with Crippen molar-refractivity contribution in [3.05, 3.63) is 65.5 Å². The number of carbonyl (C=O) groups is 1. The first-order chi connectivity index (χ1) is 14.8. The van der Waals surface area contributed by atoms with Crippen LogP contribution in [0.25, 0.3) is 11.5 Å². The zero-order chi connectivity index (χ0) is 22.4. The van der Waals surface area contributed by atoms with Gasteiger partial charge in [0.25, 0.3) is 0 Å². The summed E-state index contributed by atoms with van der Waals surface area (Å²) < 4.78 is 17.5. The first kappa shape index (κ1) is 22.4. The molecule has 1 N–H and O–H groups in total. The summed E-state index contributed by atoms with van der Waals surface area (Å²) in [6.07, 6.45) is 2.32. The molecule has 3 rings (SSSR count). The highest BCUT2D eigenvalue weighted by atomic mass is 16.5. The predicted octanol–water partition coefficient (Wildman–Crippen LogP) is 5.47. The quantitative estimate of drug-likeness (QED) is 0.466. The van der Waals surface area contributed by atoms with E-state index in [1.807, 2.05) is 49.4 Å². The third-order valence-electron chi connectivity index (χ3n) is 4.96. The van der Waals surface area contributed by atoms with Gasteiger partial charge in [0.2, 0.25) is 5.89 Å². The molecule has 1 aromatic heterocycles. The van der Waals surface area contributed by atoms with Crippen molar-refractivity contribution < 1.29 is 23.8 Å². The van der Waals surface area contributed by atoms with Crippen LogP contribution in [0.2, 0.25) is 0 Å². The minimum Gasteiger partial charge on any atom is -0.493 e. The second-order valence-electron chi connectivity index (χ2n) is 7.92. The van der Waals surface area contributed by atoms with E-state index in [0.29, 0.717) is 30.4 Å². The molecular weight excluding hydrogens is 394 g/mol. The molecule has 0 atom stereocenters. The number of carboxylic acids is 1. The Balaban J connectivity index is 1.69. The lowest BCUT2D eigenvalue weighted by atomic mass is 10.1. The van der Waals surface area contributed by atoms with E-state index in [-0.39, 0.29) is 0 Å². The molecule has 31 heavy (non-hydrogen) atoms. The number of carboxylic acid groups (broad SMARTS) is 1. The van der Waals surface area contributed by atoms with Crippen molar-refractivity contribution in [1.82, 2.24) is 4.98 Å². The number of oxazole rings is 1. The Morgan fingerprint density at radius 3 is 2.55 bits per heavy atom. The van der Waals surface area contributed by atoms with Crippen LogP contribution >= 0.6 is 0 Å². The van der Waals surface area contributed by atoms with Gasteiger partial charge in [0, 0.05) is 18.1 Å². The number of hydrogen-bond donors (Lipinski definition) is 1. The molecule has 0 bridgehead atoms. The van der Waals surface area contributed by atoms with Crippen molar-refractivity contribution in [2.24, 2.45) is 0 Å². The molecule has 164 valence electrons. The average molecular weight is 424 g/mol. The van der Waals surface area contributed by atoms with Gasteiger partial charge in [0.05, 0.1) is 12.3 Å². The fourth-order valence-corrected chi connectivity index (χ4v) is 3.14. The van der Waals surface area contributed by atoms with Gasteiger partial charge < -0.3 is 19.0 Å². The minimum absolute atomic E-state index is 0.413. The zero-order valence-electron chi connectivity index (χ0n) is 18.5. The van der Waals surface area contributed by atoms with Crippen molar-refractivity contribution in [3.63, 3.8) is 0 Å². The molecule has 0 fully saturated rings. The molecule has 0 saturated heterocycles. The minimum atomic E-state index is -1.33. The van der Waals surface area contributed by atoms with Crippen molar-refractivity contribution in [1.29, 1.82) is 0 Å². The summed E-state index contributed by atoms with van der Waals surface area (Å²) in [4.78, 5) is 16.1. The van der Waals surface area contributed by atoms with Gasteiger partial charge in [0.15, 0.2) is 5.60 Å².